The molecule has 5 atom stereocenters. The second-order valence-corrected chi connectivity index (χ2v) is 27.8. The van der Waals surface area contributed by atoms with Crippen LogP contribution in [0, 0.1) is 0 Å². The number of aliphatic hydroxyl groups excluding tert-OH is 1. The van der Waals surface area contributed by atoms with Crippen LogP contribution in [0.25, 0.3) is 0 Å². The molecule has 0 saturated heterocycles. The fourth-order valence-corrected chi connectivity index (χ4v) is 11.4. The van der Waals surface area contributed by atoms with Crippen molar-refractivity contribution in [1.29, 1.82) is 0 Å². The van der Waals surface area contributed by atoms with E-state index in [-0.39, 0.29) is 25.7 Å². The molecule has 0 heterocycles. The smallest absolute Gasteiger partial charge is 0.462 e. The third kappa shape index (κ3) is 68.5. The van der Waals surface area contributed by atoms with Crippen molar-refractivity contribution in [3.8, 4) is 0 Å². The number of unbranched alkanes of at least 4 members (excludes halogenated alkanes) is 28. The zero-order valence-electron chi connectivity index (χ0n) is 60.3. The summed E-state index contributed by atoms with van der Waals surface area (Å²) in [6, 6.07) is 0. The lowest BCUT2D eigenvalue weighted by Gasteiger charge is -2.21. The minimum absolute atomic E-state index is 0.0375. The van der Waals surface area contributed by atoms with Crippen LogP contribution in [0.15, 0.2) is 97.2 Å². The second kappa shape index (κ2) is 69.5. The van der Waals surface area contributed by atoms with E-state index in [0.29, 0.717) is 32.1 Å². The normalized spacial score (nSPS) is 14.5. The van der Waals surface area contributed by atoms with Crippen LogP contribution < -0.4 is 0 Å². The molecule has 0 aromatic carbocycles. The van der Waals surface area contributed by atoms with Gasteiger partial charge in [-0.3, -0.25) is 37.3 Å². The summed E-state index contributed by atoms with van der Waals surface area (Å²) in [5, 5.41) is 10.6. The molecule has 0 spiro atoms. The predicted molar refractivity (Wildman–Crippen MR) is 390 cm³/mol. The van der Waals surface area contributed by atoms with Gasteiger partial charge in [-0.2, -0.15) is 0 Å². The summed E-state index contributed by atoms with van der Waals surface area (Å²) >= 11 is 0. The number of hydrogen-bond donors (Lipinski definition) is 3. The molecule has 0 rings (SSSR count). The number of carbonyl (C=O) groups is 4. The standard InChI is InChI=1S/C77H134O17P2/c1-5-9-13-17-21-25-29-32-33-34-35-36-37-40-43-46-50-54-58-62-75(80)88-67-72(93-76(81)63-59-55-51-47-41-28-24-20-16-12-8-4)69-91-95(83,84)89-65-71(78)66-90-96(85,86)92-70-73(94-77(82)64-60-56-52-48-44-39-31-27-23-19-15-11-7-3)68-87-74(79)61-57-53-49-45-42-38-30-26-22-18-14-10-6-2/h9,13,21,25-27,30-33,35-36,40,43,50,54,71-73,78H,5-8,10-12,14-20,22-24,28-29,34,37-39,41-42,44-49,51-53,55-70H2,1-4H3,(H,83,84)(H,85,86)/b13-9-,25-21-,30-26-,31-27-,33-32-,36-35-,43-40-,54-50-. The second-order valence-electron chi connectivity index (χ2n) is 24.9. The minimum Gasteiger partial charge on any atom is -0.462 e. The Kier molecular flexibility index (Phi) is 66.6. The van der Waals surface area contributed by atoms with Crippen LogP contribution in [-0.2, 0) is 65.4 Å². The number of allylic oxidation sites excluding steroid dienone is 16. The molecular formula is C77H134O17P2. The van der Waals surface area contributed by atoms with Gasteiger partial charge in [0.25, 0.3) is 0 Å². The van der Waals surface area contributed by atoms with Crippen molar-refractivity contribution in [1.82, 2.24) is 0 Å². The van der Waals surface area contributed by atoms with Gasteiger partial charge < -0.3 is 33.8 Å². The summed E-state index contributed by atoms with van der Waals surface area (Å²) in [5.41, 5.74) is 0. The minimum atomic E-state index is -4.98. The molecular weight excluding hydrogens is 1260 g/mol. The molecule has 0 bridgehead atoms. The molecule has 3 N–H and O–H groups in total. The van der Waals surface area contributed by atoms with Crippen LogP contribution in [-0.4, -0.2) is 96.7 Å². The van der Waals surface area contributed by atoms with E-state index in [1.807, 2.05) is 18.2 Å². The highest BCUT2D eigenvalue weighted by Gasteiger charge is 2.30. The average Bonchev–Trinajstić information content (AvgIpc) is 1.11. The maximum atomic E-state index is 13.0. The number of ether oxygens (including phenoxy) is 4. The molecule has 554 valence electrons. The van der Waals surface area contributed by atoms with Gasteiger partial charge in [0.2, 0.25) is 0 Å². The first-order valence-corrected chi connectivity index (χ1v) is 40.5. The van der Waals surface area contributed by atoms with Crippen LogP contribution in [0.2, 0.25) is 0 Å². The van der Waals surface area contributed by atoms with Gasteiger partial charge in [0.15, 0.2) is 12.2 Å². The largest absolute Gasteiger partial charge is 0.472 e. The number of esters is 4. The molecule has 0 aromatic rings. The summed E-state index contributed by atoms with van der Waals surface area (Å²) in [6.45, 7) is 4.63. The van der Waals surface area contributed by atoms with Crippen molar-refractivity contribution in [2.24, 2.45) is 0 Å². The Morgan fingerprint density at radius 1 is 0.302 bits per heavy atom. The van der Waals surface area contributed by atoms with Crippen molar-refractivity contribution in [2.75, 3.05) is 39.6 Å². The van der Waals surface area contributed by atoms with Gasteiger partial charge >= 0.3 is 39.5 Å². The van der Waals surface area contributed by atoms with E-state index in [1.54, 1.807) is 0 Å². The molecule has 0 saturated carbocycles. The Hall–Kier alpha value is -4.02. The van der Waals surface area contributed by atoms with Crippen LogP contribution in [0.1, 0.15) is 310 Å². The fourth-order valence-electron chi connectivity index (χ4n) is 9.82. The first kappa shape index (κ1) is 92.0. The number of phosphoric acid groups is 2. The lowest BCUT2D eigenvalue weighted by Crippen LogP contribution is -2.30. The van der Waals surface area contributed by atoms with Gasteiger partial charge in [-0.15, -0.1) is 0 Å². The summed E-state index contributed by atoms with van der Waals surface area (Å²) in [4.78, 5) is 72.7. The summed E-state index contributed by atoms with van der Waals surface area (Å²) in [7, 11) is -9.96. The molecule has 0 aromatic heterocycles. The van der Waals surface area contributed by atoms with E-state index in [0.717, 1.165) is 135 Å². The number of aliphatic hydroxyl groups is 1. The third-order valence-corrected chi connectivity index (χ3v) is 17.4. The zero-order valence-corrected chi connectivity index (χ0v) is 62.1. The van der Waals surface area contributed by atoms with Crippen molar-refractivity contribution in [2.45, 2.75) is 329 Å². The average molecular weight is 1390 g/mol. The van der Waals surface area contributed by atoms with Crippen molar-refractivity contribution < 1.29 is 80.2 Å². The Morgan fingerprint density at radius 2 is 0.562 bits per heavy atom. The van der Waals surface area contributed by atoms with Gasteiger partial charge in [-0.1, -0.05) is 266 Å². The molecule has 0 aliphatic rings. The van der Waals surface area contributed by atoms with Gasteiger partial charge in [0, 0.05) is 25.7 Å². The van der Waals surface area contributed by atoms with Crippen molar-refractivity contribution >= 4 is 39.5 Å². The molecule has 17 nitrogen and oxygen atoms in total. The molecule has 96 heavy (non-hydrogen) atoms. The summed E-state index contributed by atoms with van der Waals surface area (Å²) in [6.07, 6.45) is 71.4. The topological polar surface area (TPSA) is 237 Å². The van der Waals surface area contributed by atoms with Crippen LogP contribution in [0.3, 0.4) is 0 Å². The van der Waals surface area contributed by atoms with Gasteiger partial charge in [0.05, 0.1) is 26.4 Å². The fraction of sp³-hybridized carbons (Fsp3) is 0.740. The van der Waals surface area contributed by atoms with E-state index in [9.17, 15) is 43.2 Å². The number of rotatable bonds is 70. The van der Waals surface area contributed by atoms with Gasteiger partial charge in [-0.25, -0.2) is 9.13 Å². The Balaban J connectivity index is 5.36. The monoisotopic (exact) mass is 1390 g/mol. The first-order chi connectivity index (χ1) is 46.7. The number of carbonyl (C=O) groups excluding carboxylic acids is 4. The van der Waals surface area contributed by atoms with Crippen LogP contribution >= 0.6 is 15.6 Å². The Labute approximate surface area is 582 Å². The lowest BCUT2D eigenvalue weighted by molar-refractivity contribution is -0.161. The third-order valence-electron chi connectivity index (χ3n) is 15.5. The van der Waals surface area contributed by atoms with Crippen LogP contribution in [0.4, 0.5) is 0 Å². The zero-order chi connectivity index (χ0) is 70.4. The van der Waals surface area contributed by atoms with Crippen molar-refractivity contribution in [3.05, 3.63) is 97.2 Å². The van der Waals surface area contributed by atoms with E-state index in [4.69, 9.17) is 37.0 Å². The highest BCUT2D eigenvalue weighted by Crippen LogP contribution is 2.45. The maximum absolute atomic E-state index is 13.0. The van der Waals surface area contributed by atoms with Crippen molar-refractivity contribution in [3.63, 3.8) is 0 Å². The summed E-state index contributed by atoms with van der Waals surface area (Å²) in [5.74, 6) is -2.28. The molecule has 0 fully saturated rings. The molecule has 5 unspecified atom stereocenters. The number of phosphoric ester groups is 2. The lowest BCUT2D eigenvalue weighted by atomic mass is 10.1. The highest BCUT2D eigenvalue weighted by atomic mass is 31.2. The first-order valence-electron chi connectivity index (χ1n) is 37.5. The highest BCUT2D eigenvalue weighted by molar-refractivity contribution is 7.47. The molecule has 0 aliphatic heterocycles. The van der Waals surface area contributed by atoms with Gasteiger partial charge in [-0.05, 0) is 116 Å². The number of hydrogen-bond acceptors (Lipinski definition) is 15. The Bertz CT molecular complexity index is 2200. The Morgan fingerprint density at radius 3 is 0.906 bits per heavy atom. The molecule has 0 aliphatic carbocycles. The van der Waals surface area contributed by atoms with E-state index in [2.05, 4.69) is 107 Å². The quantitative estimate of drug-likeness (QED) is 0.0169. The molecule has 0 amide bonds. The molecule has 19 heteroatoms. The van der Waals surface area contributed by atoms with E-state index >= 15 is 0 Å². The molecule has 0 radical (unpaired) electrons. The SMILES string of the molecule is CC/C=C\C/C=C\C/C=C\C/C=C\C/C=C\C/C=C\CCC(=O)OCC(COP(=O)(O)OCC(O)COP(=O)(O)OCC(COC(=O)CCCCCCC/C=C\CCCCCC)OC(=O)CCCCCCC/C=C\CCCCCC)OC(=O)CCCCCCCCCCCCC. The van der Waals surface area contributed by atoms with Gasteiger partial charge in [0.1, 0.15) is 19.3 Å². The van der Waals surface area contributed by atoms with E-state index < -0.39 is 97.5 Å². The maximum Gasteiger partial charge on any atom is 0.472 e. The predicted octanol–water partition coefficient (Wildman–Crippen LogP) is 21.2. The van der Waals surface area contributed by atoms with E-state index in [1.165, 1.54) is 89.9 Å². The van der Waals surface area contributed by atoms with Crippen LogP contribution in [0.5, 0.6) is 0 Å². The summed E-state index contributed by atoms with van der Waals surface area (Å²) < 4.78 is 68.3.